The zero-order chi connectivity index (χ0) is 17.0. The minimum absolute atomic E-state index is 0.0165. The number of carbonyl (C=O) groups excluding carboxylic acids is 2. The minimum Gasteiger partial charge on any atom is -0.384 e. The number of ether oxygens (including phenoxy) is 1. The van der Waals surface area contributed by atoms with E-state index in [-0.39, 0.29) is 23.8 Å². The summed E-state index contributed by atoms with van der Waals surface area (Å²) in [5, 5.41) is 0. The van der Waals surface area contributed by atoms with Crippen LogP contribution in [-0.2, 0) is 14.3 Å². The van der Waals surface area contributed by atoms with Crippen LogP contribution in [0.1, 0.15) is 46.5 Å². The number of carbonyl (C=O) groups is 2. The van der Waals surface area contributed by atoms with Crippen LogP contribution < -0.4 is 0 Å². The van der Waals surface area contributed by atoms with Crippen LogP contribution in [0, 0.1) is 17.8 Å². The number of rotatable bonds is 5. The molecule has 132 valence electrons. The Hall–Kier alpha value is -1.10. The zero-order valence-electron chi connectivity index (χ0n) is 15.1. The summed E-state index contributed by atoms with van der Waals surface area (Å²) in [7, 11) is 1.74. The van der Waals surface area contributed by atoms with Crippen LogP contribution in [0.15, 0.2) is 0 Å². The highest BCUT2D eigenvalue weighted by atomic mass is 16.5. The molecule has 2 aliphatic heterocycles. The van der Waals surface area contributed by atoms with Gasteiger partial charge in [-0.05, 0) is 38.0 Å². The van der Waals surface area contributed by atoms with Crippen molar-refractivity contribution < 1.29 is 14.3 Å². The van der Waals surface area contributed by atoms with E-state index in [1.165, 1.54) is 0 Å². The van der Waals surface area contributed by atoms with Gasteiger partial charge in [-0.25, -0.2) is 0 Å². The third-order valence-corrected chi connectivity index (χ3v) is 5.27. The van der Waals surface area contributed by atoms with Crippen LogP contribution in [0.4, 0.5) is 0 Å². The van der Waals surface area contributed by atoms with E-state index < -0.39 is 0 Å². The van der Waals surface area contributed by atoms with Crippen LogP contribution in [0.3, 0.4) is 0 Å². The number of likely N-dealkylation sites (tertiary alicyclic amines) is 2. The summed E-state index contributed by atoms with van der Waals surface area (Å²) >= 11 is 0. The van der Waals surface area contributed by atoms with Crippen LogP contribution in [0.25, 0.3) is 0 Å². The Morgan fingerprint density at radius 1 is 1.26 bits per heavy atom. The first kappa shape index (κ1) is 18.2. The molecule has 2 aliphatic rings. The first-order valence-corrected chi connectivity index (χ1v) is 9.01. The summed E-state index contributed by atoms with van der Waals surface area (Å²) in [6, 6.07) is 0.0165. The Bertz CT molecular complexity index is 416. The summed E-state index contributed by atoms with van der Waals surface area (Å²) < 4.78 is 5.23. The summed E-state index contributed by atoms with van der Waals surface area (Å²) in [6.45, 7) is 9.47. The van der Waals surface area contributed by atoms with Gasteiger partial charge in [0.1, 0.15) is 0 Å². The van der Waals surface area contributed by atoms with E-state index in [0.29, 0.717) is 24.7 Å². The van der Waals surface area contributed by atoms with E-state index in [4.69, 9.17) is 4.74 Å². The smallest absolute Gasteiger partial charge is 0.227 e. The lowest BCUT2D eigenvalue weighted by Gasteiger charge is -2.42. The first-order valence-electron chi connectivity index (χ1n) is 9.01. The fourth-order valence-corrected chi connectivity index (χ4v) is 3.89. The number of amides is 2. The predicted molar refractivity (Wildman–Crippen MR) is 89.9 cm³/mol. The lowest BCUT2D eigenvalue weighted by molar-refractivity contribution is -0.148. The summed E-state index contributed by atoms with van der Waals surface area (Å²) in [5.41, 5.74) is 0. The van der Waals surface area contributed by atoms with Gasteiger partial charge in [-0.15, -0.1) is 0 Å². The monoisotopic (exact) mass is 324 g/mol. The van der Waals surface area contributed by atoms with E-state index in [9.17, 15) is 9.59 Å². The SMILES string of the molecule is COCC1CCN(C(=O)[C@@H]2CCC(=O)N(CC(C)C)[C@@H]2C)CC1. The Labute approximate surface area is 140 Å². The van der Waals surface area contributed by atoms with Gasteiger partial charge < -0.3 is 14.5 Å². The third kappa shape index (κ3) is 4.46. The average molecular weight is 324 g/mol. The predicted octanol–water partition coefficient (Wildman–Crippen LogP) is 2.15. The number of piperidine rings is 2. The van der Waals surface area contributed by atoms with Crippen molar-refractivity contribution in [2.45, 2.75) is 52.5 Å². The van der Waals surface area contributed by atoms with Crippen molar-refractivity contribution in [1.82, 2.24) is 9.80 Å². The molecule has 0 saturated carbocycles. The van der Waals surface area contributed by atoms with Crippen molar-refractivity contribution in [3.8, 4) is 0 Å². The summed E-state index contributed by atoms with van der Waals surface area (Å²) in [6.07, 6.45) is 3.25. The van der Waals surface area contributed by atoms with Gasteiger partial charge in [-0.3, -0.25) is 9.59 Å². The molecule has 0 radical (unpaired) electrons. The maximum atomic E-state index is 12.9. The molecule has 2 saturated heterocycles. The normalized spacial score (nSPS) is 26.9. The maximum Gasteiger partial charge on any atom is 0.227 e. The molecule has 2 atom stereocenters. The molecule has 0 aromatic rings. The molecule has 0 aliphatic carbocycles. The van der Waals surface area contributed by atoms with E-state index >= 15 is 0 Å². The van der Waals surface area contributed by atoms with E-state index in [0.717, 1.165) is 39.1 Å². The van der Waals surface area contributed by atoms with E-state index in [2.05, 4.69) is 13.8 Å². The topological polar surface area (TPSA) is 49.9 Å². The zero-order valence-corrected chi connectivity index (χ0v) is 15.1. The molecule has 5 nitrogen and oxygen atoms in total. The highest BCUT2D eigenvalue weighted by Crippen LogP contribution is 2.28. The lowest BCUT2D eigenvalue weighted by atomic mass is 9.87. The van der Waals surface area contributed by atoms with E-state index in [1.807, 2.05) is 16.7 Å². The van der Waals surface area contributed by atoms with Crippen LogP contribution in [-0.4, -0.2) is 61.0 Å². The summed E-state index contributed by atoms with van der Waals surface area (Å²) in [4.78, 5) is 29.0. The Morgan fingerprint density at radius 2 is 1.91 bits per heavy atom. The van der Waals surface area contributed by atoms with E-state index in [1.54, 1.807) is 7.11 Å². The van der Waals surface area contributed by atoms with Gasteiger partial charge in [0.2, 0.25) is 11.8 Å². The molecule has 2 heterocycles. The van der Waals surface area contributed by atoms with Crippen molar-refractivity contribution in [3.05, 3.63) is 0 Å². The Kier molecular flexibility index (Phi) is 6.45. The molecule has 0 bridgehead atoms. The molecule has 2 fully saturated rings. The third-order valence-electron chi connectivity index (χ3n) is 5.27. The highest BCUT2D eigenvalue weighted by molar-refractivity contribution is 5.84. The Balaban J connectivity index is 1.95. The Morgan fingerprint density at radius 3 is 2.48 bits per heavy atom. The first-order chi connectivity index (χ1) is 10.9. The van der Waals surface area contributed by atoms with Crippen molar-refractivity contribution in [2.75, 3.05) is 33.4 Å². The minimum atomic E-state index is -0.0366. The lowest BCUT2D eigenvalue weighted by Crippen LogP contribution is -2.54. The highest BCUT2D eigenvalue weighted by Gasteiger charge is 2.39. The fourth-order valence-electron chi connectivity index (χ4n) is 3.89. The summed E-state index contributed by atoms with van der Waals surface area (Å²) in [5.74, 6) is 1.42. The molecule has 0 spiro atoms. The molecule has 0 aromatic heterocycles. The van der Waals surface area contributed by atoms with Crippen molar-refractivity contribution >= 4 is 11.8 Å². The maximum absolute atomic E-state index is 12.9. The van der Waals surface area contributed by atoms with Crippen molar-refractivity contribution in [2.24, 2.45) is 17.8 Å². The van der Waals surface area contributed by atoms with Gasteiger partial charge in [-0.2, -0.15) is 0 Å². The molecule has 2 amide bonds. The van der Waals surface area contributed by atoms with Crippen LogP contribution >= 0.6 is 0 Å². The largest absolute Gasteiger partial charge is 0.384 e. The molecule has 0 unspecified atom stereocenters. The molecule has 0 aromatic carbocycles. The number of hydrogen-bond acceptors (Lipinski definition) is 3. The average Bonchev–Trinajstić information content (AvgIpc) is 2.52. The van der Waals surface area contributed by atoms with Gasteiger partial charge in [-0.1, -0.05) is 13.8 Å². The van der Waals surface area contributed by atoms with Crippen LogP contribution in [0.5, 0.6) is 0 Å². The van der Waals surface area contributed by atoms with Gasteiger partial charge in [0.25, 0.3) is 0 Å². The van der Waals surface area contributed by atoms with Gasteiger partial charge in [0.15, 0.2) is 0 Å². The molecule has 2 rings (SSSR count). The van der Waals surface area contributed by atoms with Gasteiger partial charge in [0, 0.05) is 45.8 Å². The standard InChI is InChI=1S/C18H32N2O3/c1-13(2)11-20-14(3)16(5-6-17(20)21)18(22)19-9-7-15(8-10-19)12-23-4/h13-16H,5-12H2,1-4H3/t14-,16-/m1/s1. The number of nitrogens with zero attached hydrogens (tertiary/aromatic N) is 2. The van der Waals surface area contributed by atoms with Gasteiger partial charge >= 0.3 is 0 Å². The number of methoxy groups -OCH3 is 1. The second kappa shape index (κ2) is 8.13. The van der Waals surface area contributed by atoms with Crippen molar-refractivity contribution in [1.29, 1.82) is 0 Å². The number of hydrogen-bond donors (Lipinski definition) is 0. The molecular weight excluding hydrogens is 292 g/mol. The molecule has 23 heavy (non-hydrogen) atoms. The molecule has 5 heteroatoms. The molecular formula is C18H32N2O3. The van der Waals surface area contributed by atoms with Gasteiger partial charge in [0.05, 0.1) is 5.92 Å². The molecule has 0 N–H and O–H groups in total. The second-order valence-corrected chi connectivity index (χ2v) is 7.55. The fraction of sp³-hybridized carbons (Fsp3) is 0.889. The van der Waals surface area contributed by atoms with Crippen molar-refractivity contribution in [3.63, 3.8) is 0 Å². The quantitative estimate of drug-likeness (QED) is 0.778. The van der Waals surface area contributed by atoms with Crippen LogP contribution in [0.2, 0.25) is 0 Å². The second-order valence-electron chi connectivity index (χ2n) is 7.55.